The van der Waals surface area contributed by atoms with E-state index in [0.29, 0.717) is 6.20 Å². The zero-order valence-electron chi connectivity index (χ0n) is 21.3. The number of aromatic nitrogens is 1. The summed E-state index contributed by atoms with van der Waals surface area (Å²) in [6.45, 7) is 1.49. The van der Waals surface area contributed by atoms with Gasteiger partial charge in [-0.15, -0.1) is 13.2 Å². The smallest absolute Gasteiger partial charge is 0.493 e. The number of carbonyl (C=O) groups excluding carboxylic acids is 2. The molecule has 3 rings (SSSR count). The number of dihydropyridines is 1. The van der Waals surface area contributed by atoms with Gasteiger partial charge in [0.05, 0.1) is 20.4 Å². The second kappa shape index (κ2) is 11.3. The van der Waals surface area contributed by atoms with Crippen molar-refractivity contribution < 1.29 is 54.9 Å². The molecule has 216 valence electrons. The lowest BCUT2D eigenvalue weighted by Crippen LogP contribution is -2.44. The number of nitrogens with zero attached hydrogens (tertiary/aromatic N) is 2. The first-order chi connectivity index (χ1) is 18.6. The van der Waals surface area contributed by atoms with E-state index in [4.69, 9.17) is 14.2 Å². The Morgan fingerprint density at radius 3 is 2.30 bits per heavy atom. The lowest BCUT2D eigenvalue weighted by molar-refractivity contribution is -0.274. The first-order valence-electron chi connectivity index (χ1n) is 11.2. The summed E-state index contributed by atoms with van der Waals surface area (Å²) < 4.78 is 98.3. The van der Waals surface area contributed by atoms with Gasteiger partial charge in [-0.2, -0.15) is 13.2 Å². The molecule has 1 aliphatic rings. The van der Waals surface area contributed by atoms with Gasteiger partial charge in [0.2, 0.25) is 5.91 Å². The Kier molecular flexibility index (Phi) is 8.50. The zero-order valence-corrected chi connectivity index (χ0v) is 21.3. The van der Waals surface area contributed by atoms with Crippen LogP contribution in [-0.2, 0) is 11.0 Å². The van der Waals surface area contributed by atoms with Crippen LogP contribution >= 0.6 is 0 Å². The lowest BCUT2D eigenvalue weighted by atomic mass is 9.93. The number of nitrogens with one attached hydrogen (secondary N) is 2. The molecule has 1 aliphatic heterocycles. The number of alkyl halides is 6. The number of ether oxygens (including phenoxy) is 4. The van der Waals surface area contributed by atoms with Crippen molar-refractivity contribution in [1.82, 2.24) is 15.6 Å². The number of carbonyl (C=O) groups is 2. The van der Waals surface area contributed by atoms with Gasteiger partial charge >= 0.3 is 12.5 Å². The zero-order chi connectivity index (χ0) is 29.9. The molecule has 40 heavy (non-hydrogen) atoms. The molecule has 1 atom stereocenters. The van der Waals surface area contributed by atoms with Crippen LogP contribution in [0.4, 0.5) is 26.3 Å². The molecule has 10 nitrogen and oxygen atoms in total. The van der Waals surface area contributed by atoms with Crippen molar-refractivity contribution in [2.45, 2.75) is 31.4 Å². The SMILES string of the molecule is CNC(=O)C1(C)CC(NC(=O)c2c(Oc3ccc(OC(F)(F)F)cc3OC)cnc(C(F)(F)F)c2OC)=CC=N1. The average Bonchev–Trinajstić information content (AvgIpc) is 2.86. The quantitative estimate of drug-likeness (QED) is 0.447. The van der Waals surface area contributed by atoms with E-state index in [9.17, 15) is 35.9 Å². The summed E-state index contributed by atoms with van der Waals surface area (Å²) in [5.41, 5.74) is -3.45. The highest BCUT2D eigenvalue weighted by Crippen LogP contribution is 2.43. The number of hydrogen-bond donors (Lipinski definition) is 2. The normalized spacial score (nSPS) is 17.0. The summed E-state index contributed by atoms with van der Waals surface area (Å²) in [6.07, 6.45) is -6.95. The predicted octanol–water partition coefficient (Wildman–Crippen LogP) is 4.40. The number of hydrogen-bond acceptors (Lipinski definition) is 8. The molecule has 0 fully saturated rings. The molecule has 16 heteroatoms. The summed E-state index contributed by atoms with van der Waals surface area (Å²) in [4.78, 5) is 33.0. The molecule has 1 unspecified atom stereocenters. The topological polar surface area (TPSA) is 120 Å². The van der Waals surface area contributed by atoms with E-state index >= 15 is 0 Å². The van der Waals surface area contributed by atoms with Gasteiger partial charge in [0, 0.05) is 31.4 Å². The largest absolute Gasteiger partial charge is 0.573 e. The minimum atomic E-state index is -5.04. The maximum absolute atomic E-state index is 13.7. The summed E-state index contributed by atoms with van der Waals surface area (Å²) >= 11 is 0. The maximum Gasteiger partial charge on any atom is 0.573 e. The summed E-state index contributed by atoms with van der Waals surface area (Å²) in [5, 5.41) is 4.87. The molecule has 0 saturated heterocycles. The van der Waals surface area contributed by atoms with Crippen molar-refractivity contribution >= 4 is 18.0 Å². The van der Waals surface area contributed by atoms with Crippen LogP contribution in [0.25, 0.3) is 0 Å². The second-order valence-electron chi connectivity index (χ2n) is 8.29. The van der Waals surface area contributed by atoms with Gasteiger partial charge in [-0.05, 0) is 25.1 Å². The van der Waals surface area contributed by atoms with Crippen molar-refractivity contribution in [3.05, 3.63) is 47.4 Å². The molecule has 0 aliphatic carbocycles. The molecule has 0 bridgehead atoms. The molecule has 0 radical (unpaired) electrons. The van der Waals surface area contributed by atoms with Gasteiger partial charge in [-0.3, -0.25) is 14.6 Å². The molecule has 1 aromatic heterocycles. The molecule has 2 amide bonds. The standard InChI is InChI=1S/C24H22F6N4O6/c1-22(21(36)31-2)10-12(7-8-33-22)34-20(35)17-16(11-32-19(18(17)38-4)23(25,26)27)39-14-6-5-13(9-15(14)37-3)40-24(28,29)30/h5-9,11H,10H2,1-4H3,(H,31,36)(H,34,35). The van der Waals surface area contributed by atoms with E-state index in [1.807, 2.05) is 0 Å². The van der Waals surface area contributed by atoms with Crippen LogP contribution in [-0.4, -0.2) is 56.2 Å². The Hall–Kier alpha value is -4.50. The number of amides is 2. The molecule has 0 saturated carbocycles. The van der Waals surface area contributed by atoms with Gasteiger partial charge in [0.25, 0.3) is 5.91 Å². The Labute approximate surface area is 223 Å². The molecule has 2 aromatic rings. The van der Waals surface area contributed by atoms with Crippen LogP contribution in [0, 0.1) is 0 Å². The maximum atomic E-state index is 13.7. The summed E-state index contributed by atoms with van der Waals surface area (Å²) in [6, 6.07) is 2.68. The summed E-state index contributed by atoms with van der Waals surface area (Å²) in [5.74, 6) is -4.40. The molecular formula is C24H22F6N4O6. The number of rotatable bonds is 8. The lowest BCUT2D eigenvalue weighted by Gasteiger charge is -2.27. The number of halogens is 6. The Morgan fingerprint density at radius 1 is 1.02 bits per heavy atom. The first-order valence-corrected chi connectivity index (χ1v) is 11.2. The Balaban J connectivity index is 2.05. The molecule has 1 aromatic carbocycles. The number of methoxy groups -OCH3 is 2. The number of aliphatic imine (C=N–C) groups is 1. The van der Waals surface area contributed by atoms with E-state index in [0.717, 1.165) is 32.4 Å². The van der Waals surface area contributed by atoms with Gasteiger partial charge in [0.1, 0.15) is 16.9 Å². The molecule has 0 spiro atoms. The highest BCUT2D eigenvalue weighted by molar-refractivity contribution is 6.01. The van der Waals surface area contributed by atoms with Crippen LogP contribution in [0.15, 0.2) is 41.2 Å². The van der Waals surface area contributed by atoms with Crippen molar-refractivity contribution in [1.29, 1.82) is 0 Å². The van der Waals surface area contributed by atoms with E-state index in [1.54, 1.807) is 0 Å². The van der Waals surface area contributed by atoms with Crippen LogP contribution < -0.4 is 29.6 Å². The van der Waals surface area contributed by atoms with E-state index in [-0.39, 0.29) is 23.6 Å². The number of allylic oxidation sites excluding steroid dienone is 1. The highest BCUT2D eigenvalue weighted by atomic mass is 19.4. The van der Waals surface area contributed by atoms with Crippen LogP contribution in [0.1, 0.15) is 29.4 Å². The highest BCUT2D eigenvalue weighted by Gasteiger charge is 2.41. The van der Waals surface area contributed by atoms with Crippen LogP contribution in [0.2, 0.25) is 0 Å². The number of pyridine rings is 1. The van der Waals surface area contributed by atoms with Gasteiger partial charge in [-0.25, -0.2) is 4.98 Å². The minimum Gasteiger partial charge on any atom is -0.493 e. The number of benzene rings is 1. The Bertz CT molecular complexity index is 1360. The van der Waals surface area contributed by atoms with E-state index in [2.05, 4.69) is 25.3 Å². The van der Waals surface area contributed by atoms with Gasteiger partial charge in [-0.1, -0.05) is 0 Å². The minimum absolute atomic E-state index is 0.112. The number of likely N-dealkylation sites (N-methyl/N-ethyl adjacent to an activating group) is 1. The van der Waals surface area contributed by atoms with Gasteiger partial charge in [0.15, 0.2) is 28.7 Å². The average molecular weight is 576 g/mol. The fraction of sp³-hybridized carbons (Fsp3) is 0.333. The Morgan fingerprint density at radius 2 is 1.73 bits per heavy atom. The van der Waals surface area contributed by atoms with Crippen molar-refractivity contribution in [3.63, 3.8) is 0 Å². The van der Waals surface area contributed by atoms with Crippen molar-refractivity contribution in [2.75, 3.05) is 21.3 Å². The summed E-state index contributed by atoms with van der Waals surface area (Å²) in [7, 11) is 3.37. The van der Waals surface area contributed by atoms with Crippen molar-refractivity contribution in [3.8, 4) is 28.7 Å². The fourth-order valence-electron chi connectivity index (χ4n) is 3.69. The molecule has 2 N–H and O–H groups in total. The second-order valence-corrected chi connectivity index (χ2v) is 8.29. The van der Waals surface area contributed by atoms with Crippen LogP contribution in [0.5, 0.6) is 28.7 Å². The molecular weight excluding hydrogens is 554 g/mol. The van der Waals surface area contributed by atoms with E-state index < -0.39 is 58.4 Å². The monoisotopic (exact) mass is 576 g/mol. The van der Waals surface area contributed by atoms with Crippen LogP contribution in [0.3, 0.4) is 0 Å². The first kappa shape index (κ1) is 30.0. The predicted molar refractivity (Wildman–Crippen MR) is 127 cm³/mol. The van der Waals surface area contributed by atoms with Gasteiger partial charge < -0.3 is 29.6 Å². The van der Waals surface area contributed by atoms with E-state index in [1.165, 1.54) is 26.3 Å². The fourth-order valence-corrected chi connectivity index (χ4v) is 3.69. The van der Waals surface area contributed by atoms with Crippen molar-refractivity contribution in [2.24, 2.45) is 4.99 Å². The third-order valence-electron chi connectivity index (χ3n) is 5.45. The third kappa shape index (κ3) is 6.73. The third-order valence-corrected chi connectivity index (χ3v) is 5.45. The molecule has 2 heterocycles.